The van der Waals surface area contributed by atoms with E-state index in [1.807, 2.05) is 0 Å². The number of sulfonamides is 1. The number of aliphatic hydroxyl groups is 1. The van der Waals surface area contributed by atoms with E-state index in [1.165, 1.54) is 10.4 Å². The van der Waals surface area contributed by atoms with Crippen molar-refractivity contribution in [1.29, 1.82) is 0 Å². The Balaban J connectivity index is 2.30. The van der Waals surface area contributed by atoms with Gasteiger partial charge in [0, 0.05) is 13.1 Å². The molecule has 1 saturated heterocycles. The molecule has 0 amide bonds. The van der Waals surface area contributed by atoms with Crippen molar-refractivity contribution in [2.75, 3.05) is 26.3 Å². The van der Waals surface area contributed by atoms with Gasteiger partial charge in [0.2, 0.25) is 0 Å². The highest BCUT2D eigenvalue weighted by molar-refractivity contribution is 7.91. The summed E-state index contributed by atoms with van der Waals surface area (Å²) >= 11 is 0.745. The van der Waals surface area contributed by atoms with E-state index in [9.17, 15) is 13.2 Å². The van der Waals surface area contributed by atoms with Crippen molar-refractivity contribution in [2.45, 2.75) is 17.2 Å². The number of thiophene rings is 1. The summed E-state index contributed by atoms with van der Waals surface area (Å²) in [6.07, 6.45) is -0.543. The number of aromatic carboxylic acids is 1. The first-order valence-electron chi connectivity index (χ1n) is 5.92. The van der Waals surface area contributed by atoms with E-state index in [2.05, 4.69) is 0 Å². The Hall–Kier alpha value is -1.00. The van der Waals surface area contributed by atoms with Crippen LogP contribution in [0.4, 0.5) is 0 Å². The molecule has 2 rings (SSSR count). The minimum absolute atomic E-state index is 0.00555. The molecular formula is C11H15NO6S2. The van der Waals surface area contributed by atoms with Crippen molar-refractivity contribution in [1.82, 2.24) is 4.31 Å². The van der Waals surface area contributed by atoms with Crippen LogP contribution >= 0.6 is 11.3 Å². The van der Waals surface area contributed by atoms with E-state index < -0.39 is 22.1 Å². The number of morpholine rings is 1. The zero-order valence-corrected chi connectivity index (χ0v) is 12.4. The molecule has 0 aliphatic carbocycles. The number of carbonyl (C=O) groups is 1. The lowest BCUT2D eigenvalue weighted by molar-refractivity contribution is -0.0304. The van der Waals surface area contributed by atoms with E-state index in [1.54, 1.807) is 6.92 Å². The molecule has 20 heavy (non-hydrogen) atoms. The van der Waals surface area contributed by atoms with Gasteiger partial charge in [-0.2, -0.15) is 4.31 Å². The number of aliphatic hydroxyl groups excluding tert-OH is 1. The van der Waals surface area contributed by atoms with Gasteiger partial charge in [-0.1, -0.05) is 0 Å². The third kappa shape index (κ3) is 2.86. The largest absolute Gasteiger partial charge is 0.477 e. The number of hydrogen-bond acceptors (Lipinski definition) is 6. The van der Waals surface area contributed by atoms with Crippen molar-refractivity contribution in [3.8, 4) is 0 Å². The number of hydrogen-bond donors (Lipinski definition) is 2. The number of nitrogens with zero attached hydrogens (tertiary/aromatic N) is 1. The molecule has 1 aromatic heterocycles. The molecule has 1 aromatic rings. The third-order valence-corrected chi connectivity index (χ3v) is 6.53. The maximum absolute atomic E-state index is 12.4. The highest BCUT2D eigenvalue weighted by atomic mass is 32.2. The Morgan fingerprint density at radius 1 is 1.60 bits per heavy atom. The third-order valence-electron chi connectivity index (χ3n) is 2.99. The first-order chi connectivity index (χ1) is 9.36. The van der Waals surface area contributed by atoms with Crippen LogP contribution in [0.3, 0.4) is 0 Å². The molecule has 1 atom stereocenters. The summed E-state index contributed by atoms with van der Waals surface area (Å²) in [5.74, 6) is -1.14. The Kier molecular flexibility index (Phi) is 4.45. The summed E-state index contributed by atoms with van der Waals surface area (Å²) < 4.78 is 31.3. The summed E-state index contributed by atoms with van der Waals surface area (Å²) in [5.41, 5.74) is 0.424. The fraction of sp³-hybridized carbons (Fsp3) is 0.545. The molecule has 1 aliphatic heterocycles. The minimum atomic E-state index is -3.74. The van der Waals surface area contributed by atoms with Crippen LogP contribution in [0.2, 0.25) is 0 Å². The Morgan fingerprint density at radius 2 is 2.30 bits per heavy atom. The summed E-state index contributed by atoms with van der Waals surface area (Å²) in [4.78, 5) is 11.0. The number of aryl methyl sites for hydroxylation is 1. The van der Waals surface area contributed by atoms with Crippen LogP contribution in [0, 0.1) is 6.92 Å². The monoisotopic (exact) mass is 321 g/mol. The van der Waals surface area contributed by atoms with Crippen LogP contribution in [0.5, 0.6) is 0 Å². The van der Waals surface area contributed by atoms with Crippen molar-refractivity contribution < 1.29 is 28.2 Å². The van der Waals surface area contributed by atoms with Crippen LogP contribution in [0.25, 0.3) is 0 Å². The minimum Gasteiger partial charge on any atom is -0.477 e. The van der Waals surface area contributed by atoms with Gasteiger partial charge in [-0.15, -0.1) is 11.3 Å². The molecule has 112 valence electrons. The van der Waals surface area contributed by atoms with Crippen LogP contribution < -0.4 is 0 Å². The average Bonchev–Trinajstić information content (AvgIpc) is 2.82. The van der Waals surface area contributed by atoms with E-state index in [4.69, 9.17) is 14.9 Å². The molecular weight excluding hydrogens is 306 g/mol. The lowest BCUT2D eigenvalue weighted by atomic mass is 10.3. The number of carboxylic acids is 1. The second-order valence-corrected chi connectivity index (χ2v) is 7.64. The first-order valence-corrected chi connectivity index (χ1v) is 8.18. The van der Waals surface area contributed by atoms with Gasteiger partial charge in [-0.05, 0) is 18.6 Å². The zero-order valence-electron chi connectivity index (χ0n) is 10.8. The first kappa shape index (κ1) is 15.4. The summed E-state index contributed by atoms with van der Waals surface area (Å²) in [6, 6.07) is 1.37. The molecule has 0 spiro atoms. The zero-order chi connectivity index (χ0) is 14.9. The van der Waals surface area contributed by atoms with Crippen LogP contribution in [-0.4, -0.2) is 61.3 Å². The molecule has 0 saturated carbocycles. The molecule has 1 unspecified atom stereocenters. The van der Waals surface area contributed by atoms with Crippen LogP contribution in [0.15, 0.2) is 10.3 Å². The lowest BCUT2D eigenvalue weighted by Gasteiger charge is -2.30. The van der Waals surface area contributed by atoms with Gasteiger partial charge in [-0.25, -0.2) is 13.2 Å². The normalized spacial score (nSPS) is 21.0. The van der Waals surface area contributed by atoms with Crippen LogP contribution in [-0.2, 0) is 14.8 Å². The molecule has 2 heterocycles. The molecule has 0 bridgehead atoms. The van der Waals surface area contributed by atoms with Crippen molar-refractivity contribution in [3.63, 3.8) is 0 Å². The highest BCUT2D eigenvalue weighted by Crippen LogP contribution is 2.29. The van der Waals surface area contributed by atoms with Crippen molar-refractivity contribution in [3.05, 3.63) is 16.5 Å². The van der Waals surface area contributed by atoms with Gasteiger partial charge >= 0.3 is 5.97 Å². The number of carboxylic acid groups (broad SMARTS) is 1. The van der Waals surface area contributed by atoms with Gasteiger partial charge in [0.25, 0.3) is 10.0 Å². The molecule has 2 N–H and O–H groups in total. The average molecular weight is 321 g/mol. The Labute approximate surface area is 120 Å². The number of rotatable bonds is 4. The summed E-state index contributed by atoms with van der Waals surface area (Å²) in [6.45, 7) is 1.78. The SMILES string of the molecule is Cc1cc(S(=O)(=O)N2CCOC(CO)C2)sc1C(=O)O. The quantitative estimate of drug-likeness (QED) is 0.817. The van der Waals surface area contributed by atoms with Crippen molar-refractivity contribution >= 4 is 27.3 Å². The second-order valence-electron chi connectivity index (χ2n) is 4.42. The van der Waals surface area contributed by atoms with E-state index >= 15 is 0 Å². The van der Waals surface area contributed by atoms with E-state index in [0.717, 1.165) is 11.3 Å². The fourth-order valence-corrected chi connectivity index (χ4v) is 4.93. The maximum atomic E-state index is 12.4. The van der Waals surface area contributed by atoms with Gasteiger partial charge in [0.15, 0.2) is 0 Å². The molecule has 0 radical (unpaired) electrons. The molecule has 1 aliphatic rings. The van der Waals surface area contributed by atoms with Crippen LogP contribution in [0.1, 0.15) is 15.2 Å². The predicted molar refractivity (Wildman–Crippen MR) is 71.6 cm³/mol. The maximum Gasteiger partial charge on any atom is 0.346 e. The van der Waals surface area contributed by atoms with Crippen molar-refractivity contribution in [2.24, 2.45) is 0 Å². The van der Waals surface area contributed by atoms with Gasteiger partial charge in [0.1, 0.15) is 9.09 Å². The predicted octanol–water partition coefficient (Wildman–Crippen LogP) is 0.137. The molecule has 9 heteroatoms. The van der Waals surface area contributed by atoms with Gasteiger partial charge < -0.3 is 14.9 Å². The highest BCUT2D eigenvalue weighted by Gasteiger charge is 2.32. The smallest absolute Gasteiger partial charge is 0.346 e. The standard InChI is InChI=1S/C11H15NO6S2/c1-7-4-9(19-10(7)11(14)15)20(16,17)12-2-3-18-8(5-12)6-13/h4,8,13H,2-3,5-6H2,1H3,(H,14,15). The molecule has 7 nitrogen and oxygen atoms in total. The van der Waals surface area contributed by atoms with E-state index in [-0.39, 0.29) is 35.4 Å². The summed E-state index contributed by atoms with van der Waals surface area (Å²) in [7, 11) is -3.74. The molecule has 0 aromatic carbocycles. The van der Waals surface area contributed by atoms with Gasteiger partial charge in [0.05, 0.1) is 19.3 Å². The molecule has 1 fully saturated rings. The summed E-state index contributed by atoms with van der Waals surface area (Å²) in [5, 5.41) is 18.0. The number of ether oxygens (including phenoxy) is 1. The fourth-order valence-electron chi connectivity index (χ4n) is 1.94. The van der Waals surface area contributed by atoms with Gasteiger partial charge in [-0.3, -0.25) is 0 Å². The Morgan fingerprint density at radius 3 is 2.85 bits per heavy atom. The van der Waals surface area contributed by atoms with E-state index in [0.29, 0.717) is 5.56 Å². The Bertz CT molecular complexity index is 608. The lowest BCUT2D eigenvalue weighted by Crippen LogP contribution is -2.46. The topological polar surface area (TPSA) is 104 Å². The second kappa shape index (κ2) is 5.78.